The summed E-state index contributed by atoms with van der Waals surface area (Å²) < 4.78 is 5.46. The molecule has 1 aromatic rings. The lowest BCUT2D eigenvalue weighted by Gasteiger charge is -2.19. The summed E-state index contributed by atoms with van der Waals surface area (Å²) in [6, 6.07) is 3.55. The van der Waals surface area contributed by atoms with E-state index >= 15 is 0 Å². The highest BCUT2D eigenvalue weighted by atomic mass is 35.5. The Labute approximate surface area is 204 Å². The second-order valence-electron chi connectivity index (χ2n) is 7.52. The molecule has 0 saturated heterocycles. The van der Waals surface area contributed by atoms with Crippen molar-refractivity contribution >= 4 is 35.3 Å². The molecule has 1 atom stereocenters. The van der Waals surface area contributed by atoms with Crippen LogP contribution in [0.5, 0.6) is 0 Å². The smallest absolute Gasteiger partial charge is 0.407 e. The number of hydrogen-bond acceptors (Lipinski definition) is 3. The fourth-order valence-corrected chi connectivity index (χ4v) is 4.21. The Balaban J connectivity index is 2.14. The van der Waals surface area contributed by atoms with Gasteiger partial charge in [-0.05, 0) is 59.9 Å². The molecule has 174 valence electrons. The minimum atomic E-state index is -1.20. The maximum atomic E-state index is 12.5. The molecule has 0 bridgehead atoms. The lowest BCUT2D eigenvalue weighted by atomic mass is 9.94. The second kappa shape index (κ2) is 12.3. The van der Waals surface area contributed by atoms with Crippen LogP contribution in [-0.4, -0.2) is 29.8 Å². The molecule has 1 unspecified atom stereocenters. The van der Waals surface area contributed by atoms with E-state index in [0.717, 1.165) is 22.3 Å². The van der Waals surface area contributed by atoms with E-state index in [1.165, 1.54) is 0 Å². The summed E-state index contributed by atoms with van der Waals surface area (Å²) in [5.41, 5.74) is 4.78. The number of carbonyl (C=O) groups excluding carboxylic acids is 1. The number of benzene rings is 1. The van der Waals surface area contributed by atoms with Gasteiger partial charge in [-0.1, -0.05) is 72.8 Å². The molecule has 5 nitrogen and oxygen atoms in total. The van der Waals surface area contributed by atoms with Crippen LogP contribution in [-0.2, 0) is 16.0 Å². The van der Waals surface area contributed by atoms with Gasteiger partial charge in [-0.2, -0.15) is 0 Å². The number of carboxylic acids is 1. The van der Waals surface area contributed by atoms with E-state index in [4.69, 9.17) is 27.9 Å². The van der Waals surface area contributed by atoms with Crippen LogP contribution in [0.3, 0.4) is 0 Å². The lowest BCUT2D eigenvalue weighted by molar-refractivity contribution is -0.139. The summed E-state index contributed by atoms with van der Waals surface area (Å²) in [5.74, 6) is -1.39. The van der Waals surface area contributed by atoms with Gasteiger partial charge in [0.25, 0.3) is 0 Å². The van der Waals surface area contributed by atoms with Crippen molar-refractivity contribution in [1.82, 2.24) is 5.32 Å². The molecule has 0 aromatic heterocycles. The summed E-state index contributed by atoms with van der Waals surface area (Å²) in [7, 11) is 0. The summed E-state index contributed by atoms with van der Waals surface area (Å²) in [6.07, 6.45) is 10.1. The molecular formula is C26H27Cl2NO4. The molecule has 2 N–H and O–H groups in total. The topological polar surface area (TPSA) is 75.6 Å². The summed E-state index contributed by atoms with van der Waals surface area (Å²) >= 11 is 12.0. The van der Waals surface area contributed by atoms with Crippen molar-refractivity contribution < 1.29 is 19.4 Å². The molecule has 1 amide bonds. The van der Waals surface area contributed by atoms with E-state index in [2.05, 4.69) is 18.5 Å². The highest BCUT2D eigenvalue weighted by molar-refractivity contribution is 6.34. The molecule has 33 heavy (non-hydrogen) atoms. The first-order valence-electron chi connectivity index (χ1n) is 10.3. The molecule has 0 aliphatic heterocycles. The van der Waals surface area contributed by atoms with Crippen LogP contribution >= 0.6 is 23.2 Å². The molecule has 0 spiro atoms. The van der Waals surface area contributed by atoms with E-state index in [9.17, 15) is 14.7 Å². The van der Waals surface area contributed by atoms with Crippen LogP contribution < -0.4 is 5.32 Å². The zero-order valence-corrected chi connectivity index (χ0v) is 20.1. The SMILES string of the molecule is C=C/C=C\C1=C(C)C(C)=C(/C=C\C=C)C1COC(=O)NC(Cc1cc(Cl)cc(Cl)c1)C(=O)O. The number of halogens is 2. The first kappa shape index (κ1) is 26.2. The number of rotatable bonds is 10. The predicted octanol–water partition coefficient (Wildman–Crippen LogP) is 6.46. The Bertz CT molecular complexity index is 1010. The van der Waals surface area contributed by atoms with Crippen molar-refractivity contribution in [2.24, 2.45) is 5.92 Å². The van der Waals surface area contributed by atoms with E-state index in [0.29, 0.717) is 15.6 Å². The van der Waals surface area contributed by atoms with Gasteiger partial charge in [-0.3, -0.25) is 0 Å². The molecule has 0 fully saturated rings. The molecule has 1 aromatic carbocycles. The Kier molecular flexibility index (Phi) is 9.76. The predicted molar refractivity (Wildman–Crippen MR) is 134 cm³/mol. The third-order valence-corrected chi connectivity index (χ3v) is 5.77. The van der Waals surface area contributed by atoms with Gasteiger partial charge in [0.05, 0.1) is 0 Å². The largest absolute Gasteiger partial charge is 0.480 e. The van der Waals surface area contributed by atoms with E-state index < -0.39 is 18.1 Å². The van der Waals surface area contributed by atoms with Crippen molar-refractivity contribution in [2.45, 2.75) is 26.3 Å². The fourth-order valence-electron chi connectivity index (χ4n) is 3.64. The van der Waals surface area contributed by atoms with Crippen LogP contribution in [0, 0.1) is 5.92 Å². The molecule has 0 heterocycles. The van der Waals surface area contributed by atoms with Gasteiger partial charge in [0.2, 0.25) is 0 Å². The van der Waals surface area contributed by atoms with Crippen LogP contribution in [0.25, 0.3) is 0 Å². The number of allylic oxidation sites excluding steroid dienone is 8. The Morgan fingerprint density at radius 3 is 2.03 bits per heavy atom. The van der Waals surface area contributed by atoms with Gasteiger partial charge in [-0.25, -0.2) is 9.59 Å². The van der Waals surface area contributed by atoms with Crippen molar-refractivity contribution in [3.05, 3.63) is 106 Å². The maximum absolute atomic E-state index is 12.5. The highest BCUT2D eigenvalue weighted by Crippen LogP contribution is 2.39. The number of alkyl carbamates (subject to hydrolysis) is 1. The van der Waals surface area contributed by atoms with E-state index in [1.54, 1.807) is 30.4 Å². The highest BCUT2D eigenvalue weighted by Gasteiger charge is 2.29. The van der Waals surface area contributed by atoms with Gasteiger partial charge in [-0.15, -0.1) is 0 Å². The first-order valence-corrected chi connectivity index (χ1v) is 11.0. The molecular weight excluding hydrogens is 461 g/mol. The number of carboxylic acid groups (broad SMARTS) is 1. The van der Waals surface area contributed by atoms with Crippen LogP contribution in [0.15, 0.2) is 90.1 Å². The van der Waals surface area contributed by atoms with E-state index in [-0.39, 0.29) is 18.9 Å². The van der Waals surface area contributed by atoms with Gasteiger partial charge in [0.15, 0.2) is 0 Å². The van der Waals surface area contributed by atoms with Crippen molar-refractivity contribution in [1.29, 1.82) is 0 Å². The molecule has 0 saturated carbocycles. The summed E-state index contributed by atoms with van der Waals surface area (Å²) in [6.45, 7) is 11.5. The first-order chi connectivity index (χ1) is 15.7. The number of aliphatic carboxylic acids is 1. The molecule has 2 rings (SSSR count). The van der Waals surface area contributed by atoms with E-state index in [1.807, 2.05) is 38.2 Å². The van der Waals surface area contributed by atoms with Crippen molar-refractivity contribution in [3.8, 4) is 0 Å². The number of carbonyl (C=O) groups is 2. The van der Waals surface area contributed by atoms with Crippen LogP contribution in [0.2, 0.25) is 10.0 Å². The van der Waals surface area contributed by atoms with Crippen molar-refractivity contribution in [3.63, 3.8) is 0 Å². The zero-order valence-electron chi connectivity index (χ0n) is 18.6. The number of amides is 1. The van der Waals surface area contributed by atoms with Gasteiger partial charge < -0.3 is 15.2 Å². The zero-order chi connectivity index (χ0) is 24.5. The van der Waals surface area contributed by atoms with Gasteiger partial charge >= 0.3 is 12.1 Å². The summed E-state index contributed by atoms with van der Waals surface area (Å²) in [5, 5.41) is 12.7. The van der Waals surface area contributed by atoms with Crippen LogP contribution in [0.1, 0.15) is 19.4 Å². The Morgan fingerprint density at radius 1 is 1.06 bits per heavy atom. The number of hydrogen-bond donors (Lipinski definition) is 2. The number of ether oxygens (including phenoxy) is 1. The van der Waals surface area contributed by atoms with Gasteiger partial charge in [0, 0.05) is 22.4 Å². The van der Waals surface area contributed by atoms with Crippen molar-refractivity contribution in [2.75, 3.05) is 6.61 Å². The maximum Gasteiger partial charge on any atom is 0.407 e. The normalized spacial score (nSPS) is 15.4. The average molecular weight is 488 g/mol. The molecule has 1 aliphatic carbocycles. The Hall–Kier alpha value is -3.02. The lowest BCUT2D eigenvalue weighted by Crippen LogP contribution is -2.43. The minimum absolute atomic E-state index is 0.00675. The monoisotopic (exact) mass is 487 g/mol. The van der Waals surface area contributed by atoms with Crippen LogP contribution in [0.4, 0.5) is 4.79 Å². The van der Waals surface area contributed by atoms with Gasteiger partial charge in [0.1, 0.15) is 12.6 Å². The fraction of sp³-hybridized carbons (Fsp3) is 0.231. The molecule has 0 radical (unpaired) electrons. The number of nitrogens with one attached hydrogen (secondary N) is 1. The quantitative estimate of drug-likeness (QED) is 0.371. The standard InChI is InChI=1S/C26H27Cl2NO4/c1-5-7-9-21-16(3)17(4)22(10-8-6-2)23(21)15-33-26(32)29-24(25(30)31)13-18-11-19(27)14-20(28)12-18/h5-12,14,23-24H,1-2,13,15H2,3-4H3,(H,29,32)(H,30,31)/b9-7-,10-8-. The third-order valence-electron chi connectivity index (χ3n) is 5.34. The third kappa shape index (κ3) is 7.24. The second-order valence-corrected chi connectivity index (χ2v) is 8.39. The molecule has 7 heteroatoms. The Morgan fingerprint density at radius 2 is 1.58 bits per heavy atom. The average Bonchev–Trinajstić information content (AvgIpc) is 2.97. The molecule has 1 aliphatic rings. The minimum Gasteiger partial charge on any atom is -0.480 e. The summed E-state index contributed by atoms with van der Waals surface area (Å²) in [4.78, 5) is 24.2.